The fraction of sp³-hybridized carbons (Fsp3) is 0.600. The average molecular weight is 491 g/mol. The first-order valence-corrected chi connectivity index (χ1v) is 11.8. The van der Waals surface area contributed by atoms with Gasteiger partial charge in [0.25, 0.3) is 0 Å². The topological polar surface area (TPSA) is 152 Å². The Morgan fingerprint density at radius 2 is 1.26 bits per heavy atom. The van der Waals surface area contributed by atoms with Crippen LogP contribution in [0, 0.1) is 0 Å². The molecule has 10 heteroatoms. The maximum Gasteiger partial charge on any atom is 0.305 e. The molecule has 35 heavy (non-hydrogen) atoms. The predicted octanol–water partition coefficient (Wildman–Crippen LogP) is 3.29. The average Bonchev–Trinajstić information content (AvgIpc) is 2.84. The van der Waals surface area contributed by atoms with E-state index in [1.165, 1.54) is 14.2 Å². The third-order valence-electron chi connectivity index (χ3n) is 5.86. The molecular formula is C25H34N2O8. The number of carbonyl (C=O) groups excluding carboxylic acids is 4. The van der Waals surface area contributed by atoms with Gasteiger partial charge >= 0.3 is 11.9 Å². The number of esters is 2. The molecule has 2 fully saturated rings. The fourth-order valence-corrected chi connectivity index (χ4v) is 4.04. The van der Waals surface area contributed by atoms with E-state index in [-0.39, 0.29) is 72.5 Å². The maximum atomic E-state index is 12.5. The second kappa shape index (κ2) is 13.6. The van der Waals surface area contributed by atoms with Gasteiger partial charge in [0, 0.05) is 37.1 Å². The van der Waals surface area contributed by atoms with Gasteiger partial charge in [-0.05, 0) is 32.6 Å². The third-order valence-corrected chi connectivity index (χ3v) is 5.86. The molecule has 1 unspecified atom stereocenters. The van der Waals surface area contributed by atoms with Crippen molar-refractivity contribution in [1.29, 1.82) is 0 Å². The van der Waals surface area contributed by atoms with Crippen molar-refractivity contribution in [1.82, 2.24) is 0 Å². The zero-order valence-corrected chi connectivity index (χ0v) is 20.6. The number of Topliss-reactive ketones (excluding diaryl/α,β-unsaturated/α-hetero) is 2. The monoisotopic (exact) mass is 490 g/mol. The van der Waals surface area contributed by atoms with E-state index in [4.69, 9.17) is 0 Å². The summed E-state index contributed by atoms with van der Waals surface area (Å²) in [5.41, 5.74) is 1.28. The molecule has 0 heterocycles. The molecule has 0 saturated heterocycles. The summed E-state index contributed by atoms with van der Waals surface area (Å²) >= 11 is 0. The smallest absolute Gasteiger partial charge is 0.305 e. The molecule has 2 aliphatic rings. The van der Waals surface area contributed by atoms with Gasteiger partial charge in [-0.25, -0.2) is 0 Å². The Bertz CT molecular complexity index is 974. The van der Waals surface area contributed by atoms with E-state index in [0.717, 1.165) is 0 Å². The number of nitrogens with zero attached hydrogens (tertiary/aromatic N) is 2. The summed E-state index contributed by atoms with van der Waals surface area (Å²) in [5.74, 6) is -1.73. The quantitative estimate of drug-likeness (QED) is 0.284. The molecule has 0 radical (unpaired) electrons. The Morgan fingerprint density at radius 3 is 1.74 bits per heavy atom. The minimum Gasteiger partial charge on any atom is -0.511 e. The summed E-state index contributed by atoms with van der Waals surface area (Å²) in [6.07, 6.45) is 2.76. The normalized spacial score (nSPS) is 22.7. The predicted molar refractivity (Wildman–Crippen MR) is 129 cm³/mol. The zero-order valence-electron chi connectivity index (χ0n) is 20.6. The van der Waals surface area contributed by atoms with Crippen LogP contribution in [0.1, 0.15) is 71.1 Å². The molecule has 0 aromatic carbocycles. The van der Waals surface area contributed by atoms with Gasteiger partial charge in [0.15, 0.2) is 11.6 Å². The zero-order chi connectivity index (χ0) is 26.0. The van der Waals surface area contributed by atoms with Crippen molar-refractivity contribution in [3.8, 4) is 0 Å². The molecule has 2 N–H and O–H groups in total. The van der Waals surface area contributed by atoms with E-state index in [2.05, 4.69) is 19.5 Å². The largest absolute Gasteiger partial charge is 0.511 e. The second-order valence-electron chi connectivity index (χ2n) is 8.56. The summed E-state index contributed by atoms with van der Waals surface area (Å²) in [6, 6.07) is -0.359. The van der Waals surface area contributed by atoms with Gasteiger partial charge < -0.3 is 19.7 Å². The number of hydrogen-bond acceptors (Lipinski definition) is 10. The van der Waals surface area contributed by atoms with E-state index in [1.807, 2.05) is 6.92 Å². The Labute approximate surface area is 204 Å². The van der Waals surface area contributed by atoms with Crippen molar-refractivity contribution in [3.05, 3.63) is 22.7 Å². The highest BCUT2D eigenvalue weighted by Crippen LogP contribution is 2.25. The number of ether oxygens (including phenoxy) is 2. The fourth-order valence-electron chi connectivity index (χ4n) is 4.04. The van der Waals surface area contributed by atoms with E-state index in [0.29, 0.717) is 49.9 Å². The third kappa shape index (κ3) is 8.15. The van der Waals surface area contributed by atoms with Crippen molar-refractivity contribution in [2.24, 2.45) is 9.98 Å². The Morgan fingerprint density at radius 1 is 0.800 bits per heavy atom. The number of methoxy groups -OCH3 is 2. The molecule has 0 aromatic heterocycles. The minimum absolute atomic E-state index is 0.00820. The molecular weight excluding hydrogens is 456 g/mol. The van der Waals surface area contributed by atoms with Crippen molar-refractivity contribution >= 4 is 34.9 Å². The molecule has 192 valence electrons. The van der Waals surface area contributed by atoms with Crippen LogP contribution in [0.4, 0.5) is 0 Å². The van der Waals surface area contributed by atoms with Gasteiger partial charge in [-0.15, -0.1) is 0 Å². The van der Waals surface area contributed by atoms with E-state index >= 15 is 0 Å². The number of aliphatic hydroxyl groups excluding tert-OH is 2. The first kappa shape index (κ1) is 27.9. The molecule has 10 nitrogen and oxygen atoms in total. The first-order chi connectivity index (χ1) is 16.7. The number of allylic oxidation sites excluding steroid dienone is 4. The molecule has 0 aromatic rings. The standard InChI is InChI=1S/C25H34N2O8/c1-15(27-17-7-5-9-19(29)25(17)21(31)11-13-23(33)35-3)14-26-16-6-4-8-18(28)24(16)20(30)10-12-22(32)34-2/h15,30-31H,4-14H2,1-3H3. The summed E-state index contributed by atoms with van der Waals surface area (Å²) in [6.45, 7) is 2.02. The Hall–Kier alpha value is -3.30. The lowest BCUT2D eigenvalue weighted by Crippen LogP contribution is -2.25. The highest BCUT2D eigenvalue weighted by Gasteiger charge is 2.27. The molecule has 0 amide bonds. The first-order valence-electron chi connectivity index (χ1n) is 11.8. The van der Waals surface area contributed by atoms with Crippen LogP contribution < -0.4 is 0 Å². The van der Waals surface area contributed by atoms with Crippen LogP contribution >= 0.6 is 0 Å². The maximum absolute atomic E-state index is 12.5. The summed E-state index contributed by atoms with van der Waals surface area (Å²) in [7, 11) is 2.52. The lowest BCUT2D eigenvalue weighted by atomic mass is 9.89. The number of rotatable bonds is 9. The van der Waals surface area contributed by atoms with Crippen LogP contribution in [0.3, 0.4) is 0 Å². The van der Waals surface area contributed by atoms with Crippen LogP contribution in [0.5, 0.6) is 0 Å². The van der Waals surface area contributed by atoms with Crippen molar-refractivity contribution in [2.75, 3.05) is 20.8 Å². The van der Waals surface area contributed by atoms with E-state index in [9.17, 15) is 29.4 Å². The Kier molecular flexibility index (Phi) is 10.8. The number of aliphatic hydroxyl groups is 2. The number of carbonyl (C=O) groups is 4. The summed E-state index contributed by atoms with van der Waals surface area (Å²) in [5, 5.41) is 20.9. The van der Waals surface area contributed by atoms with Crippen LogP contribution in [-0.2, 0) is 28.7 Å². The van der Waals surface area contributed by atoms with Gasteiger partial charge in [-0.2, -0.15) is 0 Å². The molecule has 2 aliphatic carbocycles. The van der Waals surface area contributed by atoms with Gasteiger partial charge in [0.1, 0.15) is 11.5 Å². The molecule has 2 rings (SSSR count). The number of aliphatic imine (C=N–C) groups is 2. The molecule has 1 atom stereocenters. The molecule has 0 bridgehead atoms. The van der Waals surface area contributed by atoms with Crippen LogP contribution in [0.15, 0.2) is 32.6 Å². The van der Waals surface area contributed by atoms with Crippen LogP contribution in [-0.4, -0.2) is 71.9 Å². The van der Waals surface area contributed by atoms with E-state index in [1.54, 1.807) is 0 Å². The van der Waals surface area contributed by atoms with Gasteiger partial charge in [-0.3, -0.25) is 29.2 Å². The highest BCUT2D eigenvalue weighted by atomic mass is 16.5. The van der Waals surface area contributed by atoms with E-state index < -0.39 is 11.9 Å². The SMILES string of the molecule is COC(=O)CCC(O)=C1C(=O)CCCC1=NCC(C)N=C1CCCC(=O)C1=C(O)CCC(=O)OC. The highest BCUT2D eigenvalue weighted by molar-refractivity contribution is 6.25. The van der Waals surface area contributed by atoms with Crippen molar-refractivity contribution < 1.29 is 38.9 Å². The van der Waals surface area contributed by atoms with Gasteiger partial charge in [-0.1, -0.05) is 0 Å². The van der Waals surface area contributed by atoms with Crippen molar-refractivity contribution in [3.63, 3.8) is 0 Å². The number of ketones is 2. The second-order valence-corrected chi connectivity index (χ2v) is 8.56. The Balaban J connectivity index is 2.21. The number of hydrogen-bond donors (Lipinski definition) is 2. The molecule has 2 saturated carbocycles. The van der Waals surface area contributed by atoms with Gasteiger partial charge in [0.05, 0.1) is 50.8 Å². The minimum atomic E-state index is -0.483. The summed E-state index contributed by atoms with van der Waals surface area (Å²) < 4.78 is 9.18. The lowest BCUT2D eigenvalue weighted by molar-refractivity contribution is -0.141. The van der Waals surface area contributed by atoms with Gasteiger partial charge in [0.2, 0.25) is 0 Å². The van der Waals surface area contributed by atoms with Crippen LogP contribution in [0.25, 0.3) is 0 Å². The van der Waals surface area contributed by atoms with Crippen LogP contribution in [0.2, 0.25) is 0 Å². The summed E-state index contributed by atoms with van der Waals surface area (Å²) in [4.78, 5) is 56.9. The molecule has 0 spiro atoms. The lowest BCUT2D eigenvalue weighted by Gasteiger charge is -2.20. The molecule has 0 aliphatic heterocycles. The van der Waals surface area contributed by atoms with Crippen molar-refractivity contribution in [2.45, 2.75) is 77.2 Å².